The third kappa shape index (κ3) is 4.66. The Bertz CT molecular complexity index is 677. The Hall–Kier alpha value is -2.22. The van der Waals surface area contributed by atoms with Gasteiger partial charge in [0.1, 0.15) is 0 Å². The third-order valence-electron chi connectivity index (χ3n) is 2.86. The summed E-state index contributed by atoms with van der Waals surface area (Å²) in [5.74, 6) is -0.827. The zero-order valence-electron chi connectivity index (χ0n) is 12.8. The fraction of sp³-hybridized carbons (Fsp3) is 0.429. The summed E-state index contributed by atoms with van der Waals surface area (Å²) in [5.41, 5.74) is 2.73. The van der Waals surface area contributed by atoms with E-state index >= 15 is 0 Å². The monoisotopic (exact) mass is 322 g/mol. The van der Waals surface area contributed by atoms with Crippen LogP contribution in [0.1, 0.15) is 23.5 Å². The van der Waals surface area contributed by atoms with Crippen LogP contribution in [0.15, 0.2) is 11.4 Å². The van der Waals surface area contributed by atoms with E-state index < -0.39 is 11.9 Å². The first-order valence-electron chi connectivity index (χ1n) is 6.82. The molecule has 2 aromatic rings. The van der Waals surface area contributed by atoms with Crippen molar-refractivity contribution in [1.29, 1.82) is 0 Å². The Labute approximate surface area is 132 Å². The molecule has 0 aliphatic carbocycles. The topological polar surface area (TPSA) is 86.1 Å². The molecule has 0 saturated heterocycles. The van der Waals surface area contributed by atoms with Crippen LogP contribution in [0.5, 0.6) is 0 Å². The molecule has 0 fully saturated rings. The number of hydrogen-bond acceptors (Lipinski definition) is 6. The summed E-state index contributed by atoms with van der Waals surface area (Å²) in [6.07, 6.45) is 0.172. The van der Waals surface area contributed by atoms with Crippen molar-refractivity contribution in [2.24, 2.45) is 0 Å². The molecule has 0 spiro atoms. The van der Waals surface area contributed by atoms with Gasteiger partial charge in [-0.15, -0.1) is 11.3 Å². The van der Waals surface area contributed by atoms with Gasteiger partial charge in [-0.1, -0.05) is 0 Å². The molecular formula is C14H18N4O3S. The Morgan fingerprint density at radius 2 is 2.09 bits per heavy atom. The lowest BCUT2D eigenvalue weighted by Gasteiger charge is -2.06. The average molecular weight is 322 g/mol. The normalized spacial score (nSPS) is 10.5. The highest BCUT2D eigenvalue weighted by atomic mass is 32.1. The number of carbonyl (C=O) groups is 2. The molecule has 2 aromatic heterocycles. The molecule has 2 heterocycles. The lowest BCUT2D eigenvalue weighted by atomic mass is 10.4. The fourth-order valence-electron chi connectivity index (χ4n) is 1.88. The lowest BCUT2D eigenvalue weighted by Crippen LogP contribution is -2.21. The van der Waals surface area contributed by atoms with E-state index in [9.17, 15) is 9.59 Å². The fourth-order valence-corrected chi connectivity index (χ4v) is 2.59. The molecule has 8 heteroatoms. The average Bonchev–Trinajstić information content (AvgIpc) is 2.99. The zero-order valence-corrected chi connectivity index (χ0v) is 13.6. The number of nitrogens with zero attached hydrogens (tertiary/aromatic N) is 3. The smallest absolute Gasteiger partial charge is 0.308 e. The summed E-state index contributed by atoms with van der Waals surface area (Å²) < 4.78 is 6.68. The number of anilines is 1. The van der Waals surface area contributed by atoms with Gasteiger partial charge in [0.25, 0.3) is 5.91 Å². The van der Waals surface area contributed by atoms with Gasteiger partial charge in [0, 0.05) is 11.1 Å². The number of nitrogens with one attached hydrogen (secondary N) is 1. The molecular weight excluding hydrogens is 304 g/mol. The van der Waals surface area contributed by atoms with Crippen molar-refractivity contribution in [2.45, 2.75) is 33.7 Å². The zero-order chi connectivity index (χ0) is 16.1. The van der Waals surface area contributed by atoms with Crippen molar-refractivity contribution in [3.63, 3.8) is 0 Å². The van der Waals surface area contributed by atoms with E-state index in [2.05, 4.69) is 15.4 Å². The molecule has 0 aliphatic rings. The van der Waals surface area contributed by atoms with Gasteiger partial charge in [0.15, 0.2) is 11.7 Å². The number of carbonyl (C=O) groups excluding carboxylic acids is 2. The van der Waals surface area contributed by atoms with E-state index in [1.54, 1.807) is 4.68 Å². The summed E-state index contributed by atoms with van der Waals surface area (Å²) in [4.78, 5) is 27.4. The van der Waals surface area contributed by atoms with Gasteiger partial charge in [-0.25, -0.2) is 4.98 Å². The maximum absolute atomic E-state index is 11.6. The molecule has 1 amide bonds. The molecule has 0 bridgehead atoms. The minimum atomic E-state index is -0.432. The second kappa shape index (κ2) is 7.17. The number of esters is 1. The van der Waals surface area contributed by atoms with Crippen LogP contribution in [0, 0.1) is 20.8 Å². The van der Waals surface area contributed by atoms with Crippen LogP contribution in [0.4, 0.5) is 5.13 Å². The number of amides is 1. The summed E-state index contributed by atoms with van der Waals surface area (Å²) in [6.45, 7) is 5.78. The number of hydrogen-bond donors (Lipinski definition) is 1. The molecule has 7 nitrogen and oxygen atoms in total. The molecule has 2 rings (SSSR count). The molecule has 0 aliphatic heterocycles. The van der Waals surface area contributed by atoms with Crippen molar-refractivity contribution in [2.75, 3.05) is 11.9 Å². The predicted octanol–water partition coefficient (Wildman–Crippen LogP) is 1.84. The highest BCUT2D eigenvalue weighted by Gasteiger charge is 2.10. The second-order valence-corrected chi connectivity index (χ2v) is 5.76. The molecule has 1 N–H and O–H groups in total. The molecule has 0 aromatic carbocycles. The van der Waals surface area contributed by atoms with Crippen LogP contribution < -0.4 is 5.32 Å². The Balaban J connectivity index is 1.71. The van der Waals surface area contributed by atoms with Crippen molar-refractivity contribution in [3.8, 4) is 0 Å². The molecule has 0 unspecified atom stereocenters. The second-order valence-electron chi connectivity index (χ2n) is 4.90. The summed E-state index contributed by atoms with van der Waals surface area (Å²) >= 11 is 1.33. The molecule has 22 heavy (non-hydrogen) atoms. The first kappa shape index (κ1) is 16.2. The van der Waals surface area contributed by atoms with Crippen LogP contribution >= 0.6 is 11.3 Å². The van der Waals surface area contributed by atoms with Gasteiger partial charge in [-0.3, -0.25) is 19.6 Å². The van der Waals surface area contributed by atoms with Crippen LogP contribution in [0.3, 0.4) is 0 Å². The third-order valence-corrected chi connectivity index (χ3v) is 3.74. The minimum Gasteiger partial charge on any atom is -0.456 e. The SMILES string of the molecule is Cc1csc(NC(=O)COC(=O)CCn2nc(C)cc2C)n1. The van der Waals surface area contributed by atoms with Crippen molar-refractivity contribution in [1.82, 2.24) is 14.8 Å². The predicted molar refractivity (Wildman–Crippen MR) is 82.8 cm³/mol. The largest absolute Gasteiger partial charge is 0.456 e. The van der Waals surface area contributed by atoms with Crippen molar-refractivity contribution in [3.05, 3.63) is 28.5 Å². The maximum atomic E-state index is 11.6. The minimum absolute atomic E-state index is 0.172. The highest BCUT2D eigenvalue weighted by Crippen LogP contribution is 2.14. The number of rotatable bonds is 6. The molecule has 0 atom stereocenters. The van der Waals surface area contributed by atoms with Gasteiger partial charge < -0.3 is 4.74 Å². The van der Waals surface area contributed by atoms with Gasteiger partial charge in [0.2, 0.25) is 0 Å². The number of thiazole rings is 1. The molecule has 0 saturated carbocycles. The Morgan fingerprint density at radius 1 is 1.32 bits per heavy atom. The molecule has 0 radical (unpaired) electrons. The van der Waals surface area contributed by atoms with Crippen molar-refractivity contribution < 1.29 is 14.3 Å². The van der Waals surface area contributed by atoms with E-state index in [4.69, 9.17) is 4.74 Å². The van der Waals surface area contributed by atoms with E-state index in [1.807, 2.05) is 32.2 Å². The van der Waals surface area contributed by atoms with Crippen LogP contribution in [0.2, 0.25) is 0 Å². The summed E-state index contributed by atoms with van der Waals surface area (Å²) in [7, 11) is 0. The highest BCUT2D eigenvalue weighted by molar-refractivity contribution is 7.13. The Morgan fingerprint density at radius 3 is 2.68 bits per heavy atom. The maximum Gasteiger partial charge on any atom is 0.308 e. The first-order valence-corrected chi connectivity index (χ1v) is 7.70. The van der Waals surface area contributed by atoms with E-state index in [-0.39, 0.29) is 13.0 Å². The number of aromatic nitrogens is 3. The first-order chi connectivity index (χ1) is 10.4. The number of aryl methyl sites for hydroxylation is 4. The van der Waals surface area contributed by atoms with Gasteiger partial charge in [-0.05, 0) is 26.8 Å². The van der Waals surface area contributed by atoms with Gasteiger partial charge in [0.05, 0.1) is 24.4 Å². The molecule has 118 valence electrons. The van der Waals surface area contributed by atoms with Crippen LogP contribution in [0.25, 0.3) is 0 Å². The lowest BCUT2D eigenvalue weighted by molar-refractivity contribution is -0.147. The van der Waals surface area contributed by atoms with Crippen molar-refractivity contribution >= 4 is 28.3 Å². The van der Waals surface area contributed by atoms with Gasteiger partial charge >= 0.3 is 5.97 Å². The van der Waals surface area contributed by atoms with E-state index in [0.29, 0.717) is 11.7 Å². The summed E-state index contributed by atoms with van der Waals surface area (Å²) in [5, 5.41) is 9.17. The standard InChI is InChI=1S/C14H18N4O3S/c1-9-6-11(3)18(17-9)5-4-13(20)21-7-12(19)16-14-15-10(2)8-22-14/h6,8H,4-5,7H2,1-3H3,(H,15,16,19). The summed E-state index contributed by atoms with van der Waals surface area (Å²) in [6, 6.07) is 1.94. The number of ether oxygens (including phenoxy) is 1. The Kier molecular flexibility index (Phi) is 5.26. The van der Waals surface area contributed by atoms with Crippen LogP contribution in [-0.4, -0.2) is 33.2 Å². The van der Waals surface area contributed by atoms with E-state index in [1.165, 1.54) is 11.3 Å². The van der Waals surface area contributed by atoms with Crippen LogP contribution in [-0.2, 0) is 20.9 Å². The quantitative estimate of drug-likeness (QED) is 0.820. The van der Waals surface area contributed by atoms with E-state index in [0.717, 1.165) is 17.1 Å². The van der Waals surface area contributed by atoms with Gasteiger partial charge in [-0.2, -0.15) is 5.10 Å².